The van der Waals surface area contributed by atoms with E-state index in [0.717, 1.165) is 12.0 Å². The fourth-order valence-electron chi connectivity index (χ4n) is 3.78. The third-order valence-corrected chi connectivity index (χ3v) is 5.65. The van der Waals surface area contributed by atoms with Gasteiger partial charge in [-0.05, 0) is 66.1 Å². The average molecular weight is 485 g/mol. The molecule has 0 aliphatic rings. The zero-order valence-corrected chi connectivity index (χ0v) is 19.9. The summed E-state index contributed by atoms with van der Waals surface area (Å²) in [5, 5.41) is 2.81. The van der Waals surface area contributed by atoms with Gasteiger partial charge in [0.25, 0.3) is 11.8 Å². The molecule has 2 amide bonds. The number of aryl methyl sites for hydroxylation is 1. The molecule has 0 bridgehead atoms. The molecule has 7 nitrogen and oxygen atoms in total. The molecule has 4 aromatic rings. The number of ether oxygens (including phenoxy) is 1. The van der Waals surface area contributed by atoms with E-state index in [1.165, 1.54) is 54.9 Å². The minimum atomic E-state index is -1.10. The molecule has 0 spiro atoms. The summed E-state index contributed by atoms with van der Waals surface area (Å²) in [6.07, 6.45) is 5.07. The van der Waals surface area contributed by atoms with Crippen LogP contribution in [0.4, 0.5) is 15.8 Å². The Hall–Kier alpha value is -4.59. The van der Waals surface area contributed by atoms with Crippen molar-refractivity contribution in [1.82, 2.24) is 9.97 Å². The second-order valence-electron chi connectivity index (χ2n) is 7.96. The Morgan fingerprint density at radius 3 is 2.42 bits per heavy atom. The lowest BCUT2D eigenvalue weighted by atomic mass is 10.0. The summed E-state index contributed by atoms with van der Waals surface area (Å²) in [5.41, 5.74) is 2.58. The van der Waals surface area contributed by atoms with Gasteiger partial charge in [0, 0.05) is 23.8 Å². The quantitative estimate of drug-likeness (QED) is 0.371. The second kappa shape index (κ2) is 11.2. The maximum absolute atomic E-state index is 13.8. The topological polar surface area (TPSA) is 84.4 Å². The van der Waals surface area contributed by atoms with Crippen molar-refractivity contribution < 1.29 is 18.7 Å². The van der Waals surface area contributed by atoms with E-state index in [1.807, 2.05) is 19.1 Å². The minimum absolute atomic E-state index is 0.0829. The first-order valence-corrected chi connectivity index (χ1v) is 11.4. The Kier molecular flexibility index (Phi) is 7.65. The van der Waals surface area contributed by atoms with E-state index in [9.17, 15) is 14.0 Å². The lowest BCUT2D eigenvalue weighted by Gasteiger charge is -2.31. The Labute approximate surface area is 208 Å². The number of nitrogens with zero attached hydrogens (tertiary/aromatic N) is 3. The maximum Gasteiger partial charge on any atom is 0.279 e. The molecule has 0 fully saturated rings. The van der Waals surface area contributed by atoms with Gasteiger partial charge in [0.2, 0.25) is 0 Å². The molecule has 0 unspecified atom stereocenters. The smallest absolute Gasteiger partial charge is 0.279 e. The van der Waals surface area contributed by atoms with Gasteiger partial charge < -0.3 is 10.1 Å². The number of rotatable bonds is 8. The van der Waals surface area contributed by atoms with E-state index < -0.39 is 23.7 Å². The number of hydrogen-bond acceptors (Lipinski definition) is 5. The molecule has 0 radical (unpaired) electrons. The largest absolute Gasteiger partial charge is 0.497 e. The third-order valence-electron chi connectivity index (χ3n) is 5.65. The molecule has 4 rings (SSSR count). The first kappa shape index (κ1) is 24.5. The van der Waals surface area contributed by atoms with Crippen molar-refractivity contribution in [2.45, 2.75) is 19.4 Å². The molecule has 36 heavy (non-hydrogen) atoms. The zero-order chi connectivity index (χ0) is 25.5. The van der Waals surface area contributed by atoms with Crippen molar-refractivity contribution in [1.29, 1.82) is 0 Å². The summed E-state index contributed by atoms with van der Waals surface area (Å²) in [6, 6.07) is 18.7. The van der Waals surface area contributed by atoms with Crippen LogP contribution in [0.25, 0.3) is 0 Å². The number of aromatic nitrogens is 2. The molecule has 182 valence electrons. The van der Waals surface area contributed by atoms with Gasteiger partial charge in [-0.3, -0.25) is 19.5 Å². The highest BCUT2D eigenvalue weighted by Crippen LogP contribution is 2.32. The van der Waals surface area contributed by atoms with Crippen LogP contribution >= 0.6 is 0 Å². The lowest BCUT2D eigenvalue weighted by molar-refractivity contribution is -0.117. The van der Waals surface area contributed by atoms with E-state index in [0.29, 0.717) is 22.7 Å². The predicted octanol–water partition coefficient (Wildman–Crippen LogP) is 5.21. The summed E-state index contributed by atoms with van der Waals surface area (Å²) in [7, 11) is 1.53. The maximum atomic E-state index is 13.8. The third kappa shape index (κ3) is 5.55. The van der Waals surface area contributed by atoms with Crippen molar-refractivity contribution >= 4 is 23.2 Å². The highest BCUT2D eigenvalue weighted by Gasteiger charge is 2.34. The molecule has 8 heteroatoms. The fraction of sp³-hybridized carbons (Fsp3) is 0.143. The summed E-state index contributed by atoms with van der Waals surface area (Å²) in [6.45, 7) is 2.03. The number of anilines is 2. The van der Waals surface area contributed by atoms with E-state index in [1.54, 1.807) is 36.4 Å². The summed E-state index contributed by atoms with van der Waals surface area (Å²) in [4.78, 5) is 37.2. The number of benzene rings is 3. The Balaban J connectivity index is 1.85. The van der Waals surface area contributed by atoms with Crippen LogP contribution in [0.1, 0.15) is 34.6 Å². The van der Waals surface area contributed by atoms with Crippen LogP contribution in [-0.2, 0) is 11.2 Å². The number of amides is 2. The van der Waals surface area contributed by atoms with E-state index >= 15 is 0 Å². The molecule has 1 atom stereocenters. The van der Waals surface area contributed by atoms with Gasteiger partial charge >= 0.3 is 0 Å². The van der Waals surface area contributed by atoms with E-state index in [-0.39, 0.29) is 5.69 Å². The van der Waals surface area contributed by atoms with Crippen molar-refractivity contribution in [3.05, 3.63) is 114 Å². The monoisotopic (exact) mass is 484 g/mol. The average Bonchev–Trinajstić information content (AvgIpc) is 2.93. The molecular formula is C28H25FN4O3. The molecule has 1 aromatic heterocycles. The Morgan fingerprint density at radius 2 is 1.78 bits per heavy atom. The van der Waals surface area contributed by atoms with Crippen molar-refractivity contribution in [3.8, 4) is 5.75 Å². The molecule has 0 aliphatic carbocycles. The lowest BCUT2D eigenvalue weighted by Crippen LogP contribution is -2.42. The van der Waals surface area contributed by atoms with Crippen LogP contribution in [0.5, 0.6) is 5.75 Å². The molecule has 1 N–H and O–H groups in total. The summed E-state index contributed by atoms with van der Waals surface area (Å²) < 4.78 is 18.8. The Morgan fingerprint density at radius 1 is 1.03 bits per heavy atom. The second-order valence-corrected chi connectivity index (χ2v) is 7.96. The number of carbonyl (C=O) groups excluding carboxylic acids is 2. The molecule has 0 saturated heterocycles. The van der Waals surface area contributed by atoms with Crippen molar-refractivity contribution in [2.24, 2.45) is 0 Å². The van der Waals surface area contributed by atoms with E-state index in [4.69, 9.17) is 4.74 Å². The van der Waals surface area contributed by atoms with E-state index in [2.05, 4.69) is 15.3 Å². The predicted molar refractivity (Wildman–Crippen MR) is 135 cm³/mol. The highest BCUT2D eigenvalue weighted by molar-refractivity contribution is 6.11. The summed E-state index contributed by atoms with van der Waals surface area (Å²) >= 11 is 0. The van der Waals surface area contributed by atoms with Crippen LogP contribution in [0.2, 0.25) is 0 Å². The van der Waals surface area contributed by atoms with Gasteiger partial charge in [0.05, 0.1) is 13.3 Å². The highest BCUT2D eigenvalue weighted by atomic mass is 19.1. The number of halogens is 1. The summed E-state index contributed by atoms with van der Waals surface area (Å²) in [5.74, 6) is -0.894. The minimum Gasteiger partial charge on any atom is -0.497 e. The number of carbonyl (C=O) groups is 2. The zero-order valence-electron chi connectivity index (χ0n) is 19.9. The van der Waals surface area contributed by atoms with Gasteiger partial charge in [-0.2, -0.15) is 0 Å². The first-order chi connectivity index (χ1) is 17.5. The molecule has 0 aliphatic heterocycles. The number of hydrogen-bond donors (Lipinski definition) is 1. The van der Waals surface area contributed by atoms with Gasteiger partial charge in [-0.25, -0.2) is 9.37 Å². The van der Waals surface area contributed by atoms with Crippen LogP contribution in [0.15, 0.2) is 91.4 Å². The molecule has 1 heterocycles. The van der Waals surface area contributed by atoms with Crippen LogP contribution in [-0.4, -0.2) is 28.9 Å². The van der Waals surface area contributed by atoms with Gasteiger partial charge in [0.15, 0.2) is 0 Å². The van der Waals surface area contributed by atoms with Crippen molar-refractivity contribution in [2.75, 3.05) is 17.3 Å². The van der Waals surface area contributed by atoms with Gasteiger partial charge in [0.1, 0.15) is 23.3 Å². The first-order valence-electron chi connectivity index (χ1n) is 11.4. The molecular weight excluding hydrogens is 459 g/mol. The Bertz CT molecular complexity index is 1330. The molecule has 0 saturated carbocycles. The fourth-order valence-corrected chi connectivity index (χ4v) is 3.78. The SMILES string of the molecule is CCc1ccc(N(C(=O)c2cnccn2)[C@@H](C(=O)Nc2ccc(F)cc2)c2cccc(OC)c2)cc1. The molecule has 3 aromatic carbocycles. The van der Waals surface area contributed by atoms with Gasteiger partial charge in [-0.15, -0.1) is 0 Å². The van der Waals surface area contributed by atoms with Crippen LogP contribution < -0.4 is 15.0 Å². The number of methoxy groups -OCH3 is 1. The number of nitrogens with one attached hydrogen (secondary N) is 1. The van der Waals surface area contributed by atoms with Crippen molar-refractivity contribution in [3.63, 3.8) is 0 Å². The van der Waals surface area contributed by atoms with Crippen LogP contribution in [0, 0.1) is 5.82 Å². The van der Waals surface area contributed by atoms with Crippen LogP contribution in [0.3, 0.4) is 0 Å². The van der Waals surface area contributed by atoms with Gasteiger partial charge in [-0.1, -0.05) is 31.2 Å². The standard InChI is InChI=1S/C28H25FN4O3/c1-3-19-7-13-23(14-8-19)33(28(35)25-18-30-15-16-31-25)26(20-5-4-6-24(17-20)36-2)27(34)32-22-11-9-21(29)10-12-22/h4-18,26H,3H2,1-2H3,(H,32,34)/t26-/m1/s1. The normalized spacial score (nSPS) is 11.4.